The van der Waals surface area contributed by atoms with Crippen LogP contribution in [0.5, 0.6) is 5.75 Å². The number of hydrogen-bond acceptors (Lipinski definition) is 6. The highest BCUT2D eigenvalue weighted by atomic mass is 32.1. The normalized spacial score (nSPS) is 17.9. The lowest BCUT2D eigenvalue weighted by Gasteiger charge is -2.44. The number of esters is 1. The minimum absolute atomic E-state index is 0.0544. The Morgan fingerprint density at radius 2 is 1.77 bits per heavy atom. The summed E-state index contributed by atoms with van der Waals surface area (Å²) in [7, 11) is -1.05. The SMILES string of the molecule is CCN1C(=O)c2ccccc2N(CC(=O)OC)[P@]1(=O)C(=S)Nc1ccc(OC)cc1. The number of carbonyl (C=O) groups is 2. The first kappa shape index (κ1) is 21.8. The maximum absolute atomic E-state index is 14.4. The summed E-state index contributed by atoms with van der Waals surface area (Å²) in [5.41, 5.74) is 1.30. The van der Waals surface area contributed by atoms with Crippen molar-refractivity contribution in [1.29, 1.82) is 0 Å². The van der Waals surface area contributed by atoms with Gasteiger partial charge in [-0.1, -0.05) is 24.4 Å². The number of thiocarbonyl (C=S) groups is 1. The third-order valence-electron chi connectivity index (χ3n) is 4.71. The molecule has 2 aromatic carbocycles. The average molecular weight is 447 g/mol. The molecule has 8 nitrogen and oxygen atoms in total. The van der Waals surface area contributed by atoms with E-state index in [4.69, 9.17) is 21.7 Å². The van der Waals surface area contributed by atoms with Crippen molar-refractivity contribution < 1.29 is 23.6 Å². The fourth-order valence-corrected chi connectivity index (χ4v) is 6.41. The number of hydrogen-bond donors (Lipinski definition) is 1. The van der Waals surface area contributed by atoms with Gasteiger partial charge in [-0.3, -0.25) is 23.5 Å². The van der Waals surface area contributed by atoms with E-state index in [-0.39, 0.29) is 17.8 Å². The maximum Gasteiger partial charge on any atom is 0.325 e. The molecule has 0 radical (unpaired) electrons. The summed E-state index contributed by atoms with van der Waals surface area (Å²) in [5.74, 6) is -0.346. The monoisotopic (exact) mass is 447 g/mol. The topological polar surface area (TPSA) is 88.2 Å². The zero-order valence-electron chi connectivity index (χ0n) is 16.8. The quantitative estimate of drug-likeness (QED) is 0.407. The van der Waals surface area contributed by atoms with Gasteiger partial charge in [0.15, 0.2) is 4.73 Å². The summed E-state index contributed by atoms with van der Waals surface area (Å²) in [6, 6.07) is 13.6. The molecule has 1 atom stereocenters. The Labute approximate surface area is 180 Å². The number of ether oxygens (including phenoxy) is 2. The summed E-state index contributed by atoms with van der Waals surface area (Å²) in [4.78, 5) is 25.3. The Balaban J connectivity index is 2.08. The van der Waals surface area contributed by atoms with E-state index >= 15 is 0 Å². The molecule has 2 aromatic rings. The summed E-state index contributed by atoms with van der Waals surface area (Å²) in [5, 5.41) is 2.97. The van der Waals surface area contributed by atoms with Gasteiger partial charge in [-0.05, 0) is 43.3 Å². The van der Waals surface area contributed by atoms with Crippen molar-refractivity contribution in [3.05, 3.63) is 54.1 Å². The van der Waals surface area contributed by atoms with Gasteiger partial charge in [0.05, 0.1) is 25.5 Å². The average Bonchev–Trinajstić information content (AvgIpc) is 2.77. The van der Waals surface area contributed by atoms with Gasteiger partial charge in [0.2, 0.25) is 0 Å². The van der Waals surface area contributed by atoms with Crippen LogP contribution in [0.1, 0.15) is 17.3 Å². The molecule has 1 aliphatic heterocycles. The molecule has 158 valence electrons. The molecule has 1 N–H and O–H groups in total. The highest BCUT2D eigenvalue weighted by molar-refractivity contribution is 8.01. The van der Waals surface area contributed by atoms with E-state index in [0.29, 0.717) is 22.7 Å². The lowest BCUT2D eigenvalue weighted by molar-refractivity contribution is -0.138. The Bertz CT molecular complexity index is 1030. The van der Waals surface area contributed by atoms with Gasteiger partial charge in [0.1, 0.15) is 12.3 Å². The number of methoxy groups -OCH3 is 2. The van der Waals surface area contributed by atoms with Crippen LogP contribution < -0.4 is 14.7 Å². The van der Waals surface area contributed by atoms with Crippen molar-refractivity contribution in [1.82, 2.24) is 4.67 Å². The Hall–Kier alpha value is -2.90. The van der Waals surface area contributed by atoms with Crippen molar-refractivity contribution in [2.45, 2.75) is 6.92 Å². The molecule has 0 aromatic heterocycles. The van der Waals surface area contributed by atoms with Gasteiger partial charge >= 0.3 is 13.4 Å². The molecule has 0 saturated carbocycles. The summed E-state index contributed by atoms with van der Waals surface area (Å²) in [6.45, 7) is 1.54. The second-order valence-corrected chi connectivity index (χ2v) is 9.59. The van der Waals surface area contributed by atoms with Crippen molar-refractivity contribution in [3.63, 3.8) is 0 Å². The van der Waals surface area contributed by atoms with Gasteiger partial charge in [-0.25, -0.2) is 0 Å². The molecule has 3 rings (SSSR count). The second-order valence-electron chi connectivity index (χ2n) is 6.37. The molecule has 0 aliphatic carbocycles. The highest BCUT2D eigenvalue weighted by Crippen LogP contribution is 2.60. The van der Waals surface area contributed by atoms with Gasteiger partial charge in [0.25, 0.3) is 5.91 Å². The number of rotatable bonds is 6. The number of carbonyl (C=O) groups excluding carboxylic acids is 2. The van der Waals surface area contributed by atoms with Gasteiger partial charge < -0.3 is 14.8 Å². The van der Waals surface area contributed by atoms with Crippen molar-refractivity contribution in [2.75, 3.05) is 37.3 Å². The van der Waals surface area contributed by atoms with Crippen molar-refractivity contribution >= 4 is 47.6 Å². The number of benzene rings is 2. The van der Waals surface area contributed by atoms with Crippen LogP contribution in [-0.2, 0) is 14.1 Å². The zero-order valence-corrected chi connectivity index (χ0v) is 18.5. The first-order valence-electron chi connectivity index (χ1n) is 9.18. The molecular formula is C20H22N3O5PS. The van der Waals surface area contributed by atoms with Crippen LogP contribution in [0, 0.1) is 0 Å². The largest absolute Gasteiger partial charge is 0.497 e. The van der Waals surface area contributed by atoms with E-state index in [1.165, 1.54) is 16.5 Å². The molecule has 0 unspecified atom stereocenters. The molecule has 1 amide bonds. The molecule has 0 saturated heterocycles. The smallest absolute Gasteiger partial charge is 0.325 e. The van der Waals surface area contributed by atoms with Crippen LogP contribution in [0.15, 0.2) is 48.5 Å². The van der Waals surface area contributed by atoms with E-state index in [0.717, 1.165) is 0 Å². The predicted octanol–water partition coefficient (Wildman–Crippen LogP) is 3.74. The van der Waals surface area contributed by atoms with Crippen molar-refractivity contribution in [3.8, 4) is 5.75 Å². The highest BCUT2D eigenvalue weighted by Gasteiger charge is 2.49. The Morgan fingerprint density at radius 1 is 1.10 bits per heavy atom. The van der Waals surface area contributed by atoms with Crippen LogP contribution in [0.3, 0.4) is 0 Å². The van der Waals surface area contributed by atoms with E-state index in [1.807, 2.05) is 0 Å². The molecule has 30 heavy (non-hydrogen) atoms. The summed E-state index contributed by atoms with van der Waals surface area (Å²) < 4.78 is 26.9. The molecule has 0 bridgehead atoms. The number of para-hydroxylation sites is 1. The zero-order chi connectivity index (χ0) is 21.9. The van der Waals surface area contributed by atoms with Gasteiger partial charge in [0, 0.05) is 12.2 Å². The fourth-order valence-electron chi connectivity index (χ4n) is 3.21. The minimum atomic E-state index is -3.86. The maximum atomic E-state index is 14.4. The standard InChI is InChI=1S/C20H22N3O5PS/c1-4-22-19(25)16-7-5-6-8-17(16)23(13-18(24)28-3)29(22,26)20(30)21-14-9-11-15(27-2)12-10-14/h5-12H,4,13H2,1-3H3,(H,21,30)/t29-/m0/s1. The van der Waals surface area contributed by atoms with Crippen LogP contribution in [0.2, 0.25) is 0 Å². The van der Waals surface area contributed by atoms with Crippen LogP contribution in [0.4, 0.5) is 11.4 Å². The minimum Gasteiger partial charge on any atom is -0.497 e. The van der Waals surface area contributed by atoms with Crippen LogP contribution >= 0.6 is 19.7 Å². The Kier molecular flexibility index (Phi) is 6.43. The van der Waals surface area contributed by atoms with E-state index in [1.54, 1.807) is 62.6 Å². The lowest BCUT2D eigenvalue weighted by Crippen LogP contribution is -2.46. The first-order valence-corrected chi connectivity index (χ1v) is 11.2. The molecule has 10 heteroatoms. The third-order valence-corrected chi connectivity index (χ3v) is 8.30. The summed E-state index contributed by atoms with van der Waals surface area (Å²) in [6.07, 6.45) is 0. The van der Waals surface area contributed by atoms with E-state index in [9.17, 15) is 14.2 Å². The van der Waals surface area contributed by atoms with Crippen LogP contribution in [-0.4, -0.2) is 48.6 Å². The third kappa shape index (κ3) is 3.78. The van der Waals surface area contributed by atoms with Crippen LogP contribution in [0.25, 0.3) is 0 Å². The number of amides is 1. The second kappa shape index (κ2) is 8.85. The summed E-state index contributed by atoms with van der Waals surface area (Å²) >= 11 is 5.53. The van der Waals surface area contributed by atoms with E-state index in [2.05, 4.69) is 5.32 Å². The predicted molar refractivity (Wildman–Crippen MR) is 119 cm³/mol. The molecule has 0 fully saturated rings. The lowest BCUT2D eigenvalue weighted by atomic mass is 10.1. The number of nitrogens with zero attached hydrogens (tertiary/aromatic N) is 2. The van der Waals surface area contributed by atoms with Gasteiger partial charge in [-0.2, -0.15) is 0 Å². The number of fused-ring (bicyclic) bond motifs is 1. The first-order chi connectivity index (χ1) is 14.4. The molecule has 0 spiro atoms. The van der Waals surface area contributed by atoms with Crippen molar-refractivity contribution in [2.24, 2.45) is 0 Å². The fraction of sp³-hybridized carbons (Fsp3) is 0.250. The van der Waals surface area contributed by atoms with E-state index < -0.39 is 19.3 Å². The number of nitrogens with one attached hydrogen (secondary N) is 1. The molecule has 1 heterocycles. The number of anilines is 2. The molecule has 1 aliphatic rings. The molecular weight excluding hydrogens is 425 g/mol. The van der Waals surface area contributed by atoms with Gasteiger partial charge in [-0.15, -0.1) is 0 Å². The Morgan fingerprint density at radius 3 is 2.37 bits per heavy atom.